The van der Waals surface area contributed by atoms with Crippen molar-refractivity contribution < 1.29 is 58.7 Å². The van der Waals surface area contributed by atoms with Crippen molar-refractivity contribution in [3.8, 4) is 0 Å². The van der Waals surface area contributed by atoms with E-state index in [1.54, 1.807) is 34.6 Å². The van der Waals surface area contributed by atoms with Crippen LogP contribution in [0.4, 0.5) is 0 Å². The summed E-state index contributed by atoms with van der Waals surface area (Å²) < 4.78 is 38.1. The van der Waals surface area contributed by atoms with Gasteiger partial charge in [-0.3, -0.25) is 9.69 Å². The number of ether oxygens (including phenoxy) is 6. The van der Waals surface area contributed by atoms with E-state index in [4.69, 9.17) is 28.4 Å². The van der Waals surface area contributed by atoms with Gasteiger partial charge in [-0.15, -0.1) is 0 Å². The topological polar surface area (TPSA) is 192 Å². The molecule has 0 amide bonds. The van der Waals surface area contributed by atoms with Crippen LogP contribution < -0.4 is 5.32 Å². The highest BCUT2D eigenvalue weighted by Crippen LogP contribution is 2.40. The molecular weight excluding hydrogens is 799 g/mol. The first-order valence-electron chi connectivity index (χ1n) is 23.0. The molecule has 0 bridgehead atoms. The molecule has 4 rings (SSSR count). The molecule has 1 aromatic rings. The maximum absolute atomic E-state index is 14.5. The molecule has 1 aromatic carbocycles. The highest BCUT2D eigenvalue weighted by atomic mass is 16.7. The van der Waals surface area contributed by atoms with Gasteiger partial charge in [0.2, 0.25) is 0 Å². The number of rotatable bonds is 13. The fourth-order valence-electron chi connectivity index (χ4n) is 10.1. The van der Waals surface area contributed by atoms with Crippen LogP contribution in [0, 0.1) is 17.8 Å². The highest BCUT2D eigenvalue weighted by molar-refractivity contribution is 5.73. The predicted molar refractivity (Wildman–Crippen MR) is 236 cm³/mol. The smallest absolute Gasteiger partial charge is 0.311 e. The first-order valence-corrected chi connectivity index (χ1v) is 23.0. The Hall–Kier alpha value is -1.83. The molecule has 6 N–H and O–H groups in total. The van der Waals surface area contributed by atoms with Gasteiger partial charge in [0.1, 0.15) is 30.0 Å². The molecule has 2 unspecified atom stereocenters. The fourth-order valence-corrected chi connectivity index (χ4v) is 10.1. The number of aliphatic hydroxyl groups is 5. The average Bonchev–Trinajstić information content (AvgIpc) is 3.21. The summed E-state index contributed by atoms with van der Waals surface area (Å²) in [6.45, 7) is 20.3. The largest absolute Gasteiger partial charge is 0.459 e. The van der Waals surface area contributed by atoms with Gasteiger partial charge in [0.05, 0.1) is 41.5 Å². The van der Waals surface area contributed by atoms with Gasteiger partial charge in [0.15, 0.2) is 12.6 Å². The number of hydrogen-bond acceptors (Lipinski definition) is 15. The van der Waals surface area contributed by atoms with Crippen LogP contribution in [0.25, 0.3) is 0 Å². The lowest BCUT2D eigenvalue weighted by molar-refractivity contribution is -0.318. The molecule has 15 nitrogen and oxygen atoms in total. The van der Waals surface area contributed by atoms with E-state index in [1.165, 1.54) is 19.6 Å². The second kappa shape index (κ2) is 22.6. The zero-order chi connectivity index (χ0) is 46.3. The number of methoxy groups -OCH3 is 1. The quantitative estimate of drug-likeness (QED) is 0.125. The summed E-state index contributed by atoms with van der Waals surface area (Å²) in [4.78, 5) is 18.6. The van der Waals surface area contributed by atoms with Crippen molar-refractivity contribution in [3.05, 3.63) is 35.9 Å². The Bertz CT molecular complexity index is 1510. The fraction of sp³-hybridized carbons (Fsp3) is 0.851. The van der Waals surface area contributed by atoms with E-state index in [9.17, 15) is 30.3 Å². The molecule has 15 heteroatoms. The van der Waals surface area contributed by atoms with E-state index in [2.05, 4.69) is 22.3 Å². The minimum absolute atomic E-state index is 0.124. The van der Waals surface area contributed by atoms with Crippen LogP contribution in [0.3, 0.4) is 0 Å². The van der Waals surface area contributed by atoms with Gasteiger partial charge in [-0.05, 0) is 113 Å². The summed E-state index contributed by atoms with van der Waals surface area (Å²) in [5, 5.41) is 63.2. The third kappa shape index (κ3) is 12.9. The zero-order valence-corrected chi connectivity index (χ0v) is 39.9. The number of carbonyl (C=O) groups is 1. The van der Waals surface area contributed by atoms with E-state index in [0.29, 0.717) is 32.6 Å². The van der Waals surface area contributed by atoms with E-state index in [0.717, 1.165) is 6.42 Å². The molecule has 62 heavy (non-hydrogen) atoms. The highest BCUT2D eigenvalue weighted by Gasteiger charge is 2.53. The number of nitrogens with zero attached hydrogens (tertiary/aromatic N) is 2. The molecule has 358 valence electrons. The Morgan fingerprint density at radius 2 is 1.60 bits per heavy atom. The Kier molecular flexibility index (Phi) is 19.2. The lowest BCUT2D eigenvalue weighted by Crippen LogP contribution is -2.60. The number of benzene rings is 1. The maximum Gasteiger partial charge on any atom is 0.311 e. The number of aliphatic hydroxyl groups excluding tert-OH is 3. The third-order valence-corrected chi connectivity index (χ3v) is 14.0. The minimum atomic E-state index is -1.84. The van der Waals surface area contributed by atoms with E-state index in [-0.39, 0.29) is 37.3 Å². The second-order valence-corrected chi connectivity index (χ2v) is 19.7. The van der Waals surface area contributed by atoms with Gasteiger partial charge in [-0.25, -0.2) is 0 Å². The molecular formula is C47H83N3O12. The van der Waals surface area contributed by atoms with Gasteiger partial charge in [-0.1, -0.05) is 51.1 Å². The molecule has 3 fully saturated rings. The van der Waals surface area contributed by atoms with Crippen molar-refractivity contribution in [2.75, 3.05) is 40.8 Å². The SMILES string of the molecule is CC[C@H]1OC(=O)[C@H](C)[C@@H](OC2C[C@@](C)(OC)[C@@H](O)[C@H](C)O2)[C@H](C)[C@H](O[C@@H]2O[C@H](C)C[C@H](N(C)C)[C@H]2O)C(C)(O)C[C@@H](C)CN(CCCNCc2ccccc2)[C@H](C)[C@H](O)[C@]1(C)O. The number of hydrogen-bond donors (Lipinski definition) is 6. The maximum atomic E-state index is 14.5. The van der Waals surface area contributed by atoms with Crippen LogP contribution in [0.2, 0.25) is 0 Å². The first-order chi connectivity index (χ1) is 29.0. The van der Waals surface area contributed by atoms with Gasteiger partial charge < -0.3 is 64.2 Å². The van der Waals surface area contributed by atoms with Crippen molar-refractivity contribution in [2.24, 2.45) is 17.8 Å². The Morgan fingerprint density at radius 1 is 0.935 bits per heavy atom. The van der Waals surface area contributed by atoms with E-state index >= 15 is 0 Å². The summed E-state index contributed by atoms with van der Waals surface area (Å²) in [7, 11) is 5.30. The Morgan fingerprint density at radius 3 is 2.21 bits per heavy atom. The lowest BCUT2D eigenvalue weighted by Gasteiger charge is -2.48. The van der Waals surface area contributed by atoms with Crippen LogP contribution in [-0.4, -0.2) is 172 Å². The van der Waals surface area contributed by atoms with E-state index < -0.39 is 96.0 Å². The molecule has 0 radical (unpaired) electrons. The summed E-state index contributed by atoms with van der Waals surface area (Å²) in [5.41, 5.74) is -3.30. The Balaban J connectivity index is 1.76. The normalized spacial score (nSPS) is 43.5. The molecule has 0 aromatic heterocycles. The third-order valence-electron chi connectivity index (χ3n) is 14.0. The second-order valence-electron chi connectivity index (χ2n) is 19.7. The minimum Gasteiger partial charge on any atom is -0.459 e. The molecule has 3 saturated heterocycles. The van der Waals surface area contributed by atoms with Crippen LogP contribution in [-0.2, 0) is 39.8 Å². The van der Waals surface area contributed by atoms with Crippen LogP contribution >= 0.6 is 0 Å². The number of cyclic esters (lactones) is 1. The van der Waals surface area contributed by atoms with Crippen molar-refractivity contribution in [1.29, 1.82) is 0 Å². The molecule has 3 aliphatic rings. The average molecular weight is 882 g/mol. The molecule has 0 spiro atoms. The van der Waals surface area contributed by atoms with Crippen molar-refractivity contribution in [1.82, 2.24) is 15.1 Å². The van der Waals surface area contributed by atoms with Crippen LogP contribution in [0.1, 0.15) is 107 Å². The molecule has 3 aliphatic heterocycles. The van der Waals surface area contributed by atoms with Crippen LogP contribution in [0.5, 0.6) is 0 Å². The van der Waals surface area contributed by atoms with Crippen LogP contribution in [0.15, 0.2) is 30.3 Å². The van der Waals surface area contributed by atoms with Crippen molar-refractivity contribution >= 4 is 5.97 Å². The lowest BCUT2D eigenvalue weighted by atomic mass is 9.77. The standard InChI is InChI=1S/C47H83N3O12/c1-14-36-47(10,56)40(52)32(6)50(22-18-21-48-26-34-19-16-15-17-20-34)27-28(2)24-45(8,55)42(62-44-38(51)35(49(11)12)23-29(3)58-44)30(4)39(31(5)43(54)60-36)61-37-25-46(9,57-13)41(53)33(7)59-37/h15-17,19-20,28-33,35-42,44,48,51-53,55-56H,14,18,21-27H2,1-13H3/t28-,29-,30+,31-,32-,33+,35+,36-,37?,38-,39+,40+,41+,42+,44+,45?,46-,47-/m1/s1. The van der Waals surface area contributed by atoms with Crippen molar-refractivity contribution in [3.63, 3.8) is 0 Å². The number of esters is 1. The van der Waals surface area contributed by atoms with E-state index in [1.807, 2.05) is 64.9 Å². The zero-order valence-electron chi connectivity index (χ0n) is 39.9. The monoisotopic (exact) mass is 882 g/mol. The molecule has 0 saturated carbocycles. The summed E-state index contributed by atoms with van der Waals surface area (Å²) >= 11 is 0. The summed E-state index contributed by atoms with van der Waals surface area (Å²) in [5.74, 6) is -2.67. The molecule has 3 heterocycles. The van der Waals surface area contributed by atoms with Crippen molar-refractivity contribution in [2.45, 2.75) is 198 Å². The predicted octanol–water partition coefficient (Wildman–Crippen LogP) is 3.45. The van der Waals surface area contributed by atoms with Gasteiger partial charge in [-0.2, -0.15) is 0 Å². The summed E-state index contributed by atoms with van der Waals surface area (Å²) in [6, 6.07) is 9.29. The molecule has 0 aliphatic carbocycles. The van der Waals surface area contributed by atoms with Gasteiger partial charge in [0, 0.05) is 44.6 Å². The number of likely N-dealkylation sites (N-methyl/N-ethyl adjacent to an activating group) is 1. The van der Waals surface area contributed by atoms with Gasteiger partial charge >= 0.3 is 5.97 Å². The summed E-state index contributed by atoms with van der Waals surface area (Å²) in [6.07, 6.45) is -7.71. The van der Waals surface area contributed by atoms with Gasteiger partial charge in [0.25, 0.3) is 0 Å². The number of carbonyl (C=O) groups excluding carboxylic acids is 1. The number of nitrogens with one attached hydrogen (secondary N) is 1. The Labute approximate surface area is 371 Å². The first kappa shape index (κ1) is 52.8. The molecule has 18 atom stereocenters.